The van der Waals surface area contributed by atoms with E-state index >= 15 is 0 Å². The fraction of sp³-hybridized carbons (Fsp3) is 0.625. The molecule has 7 heteroatoms. The Morgan fingerprint density at radius 2 is 2.09 bits per heavy atom. The molecular weight excluding hydrogens is 316 g/mol. The molecular formula is C16H24N2O4S. The number of aliphatic hydroxyl groups is 1. The molecule has 0 bridgehead atoms. The second-order valence-electron chi connectivity index (χ2n) is 5.97. The van der Waals surface area contributed by atoms with Gasteiger partial charge in [-0.1, -0.05) is 6.42 Å². The van der Waals surface area contributed by atoms with Crippen molar-refractivity contribution in [3.8, 4) is 0 Å². The van der Waals surface area contributed by atoms with Gasteiger partial charge < -0.3 is 15.5 Å². The predicted molar refractivity (Wildman–Crippen MR) is 90.3 cm³/mol. The van der Waals surface area contributed by atoms with Gasteiger partial charge in [-0.25, -0.2) is 4.79 Å². The minimum absolute atomic E-state index is 0.120. The van der Waals surface area contributed by atoms with Crippen LogP contribution in [-0.2, 0) is 4.79 Å². The molecule has 0 saturated carbocycles. The number of likely N-dealkylation sites (tertiary alicyclic amines) is 1. The first kappa shape index (κ1) is 17.9. The van der Waals surface area contributed by atoms with Crippen molar-refractivity contribution in [2.75, 3.05) is 25.0 Å². The lowest BCUT2D eigenvalue weighted by Crippen LogP contribution is -2.44. The number of carbonyl (C=O) groups excluding carboxylic acids is 1. The van der Waals surface area contributed by atoms with Gasteiger partial charge in [0, 0.05) is 17.5 Å². The topological polar surface area (TPSA) is 89.9 Å². The number of carboxylic acids is 1. The van der Waals surface area contributed by atoms with E-state index in [4.69, 9.17) is 5.11 Å². The Kier molecular flexibility index (Phi) is 6.15. The smallest absolute Gasteiger partial charge is 0.338 e. The first-order chi connectivity index (χ1) is 10.9. The third kappa shape index (κ3) is 4.31. The zero-order valence-corrected chi connectivity index (χ0v) is 14.4. The average molecular weight is 340 g/mol. The van der Waals surface area contributed by atoms with Gasteiger partial charge in [-0.15, -0.1) is 11.3 Å². The van der Waals surface area contributed by atoms with E-state index in [1.807, 2.05) is 6.92 Å². The van der Waals surface area contributed by atoms with Crippen molar-refractivity contribution < 1.29 is 19.8 Å². The van der Waals surface area contributed by atoms with Crippen molar-refractivity contribution in [2.24, 2.45) is 0 Å². The Morgan fingerprint density at radius 3 is 2.74 bits per heavy atom. The zero-order valence-electron chi connectivity index (χ0n) is 13.6. The van der Waals surface area contributed by atoms with Crippen LogP contribution < -0.4 is 5.32 Å². The molecule has 0 aromatic carbocycles. The molecule has 3 N–H and O–H groups in total. The van der Waals surface area contributed by atoms with Gasteiger partial charge in [-0.3, -0.25) is 9.69 Å². The van der Waals surface area contributed by atoms with Crippen LogP contribution in [0.1, 0.15) is 46.5 Å². The van der Waals surface area contributed by atoms with E-state index in [9.17, 15) is 14.7 Å². The highest BCUT2D eigenvalue weighted by molar-refractivity contribution is 7.16. The Morgan fingerprint density at radius 1 is 1.35 bits per heavy atom. The summed E-state index contributed by atoms with van der Waals surface area (Å²) in [5.41, 5.74) is 0.889. The van der Waals surface area contributed by atoms with E-state index in [0.717, 1.165) is 30.7 Å². The fourth-order valence-electron chi connectivity index (χ4n) is 3.07. The molecule has 1 atom stereocenters. The van der Waals surface area contributed by atoms with E-state index in [1.165, 1.54) is 11.3 Å². The number of aliphatic hydroxyl groups excluding tert-OH is 1. The summed E-state index contributed by atoms with van der Waals surface area (Å²) in [4.78, 5) is 26.7. The highest BCUT2D eigenvalue weighted by Crippen LogP contribution is 2.32. The number of aryl methyl sites for hydroxylation is 1. The van der Waals surface area contributed by atoms with Crippen molar-refractivity contribution in [1.29, 1.82) is 0 Å². The van der Waals surface area contributed by atoms with Crippen LogP contribution in [0.2, 0.25) is 0 Å². The Balaban J connectivity index is 2.04. The molecule has 128 valence electrons. The molecule has 1 amide bonds. The highest BCUT2D eigenvalue weighted by atomic mass is 32.1. The number of nitrogens with one attached hydrogen (secondary N) is 1. The molecule has 1 aliphatic heterocycles. The van der Waals surface area contributed by atoms with Gasteiger partial charge in [0.15, 0.2) is 0 Å². The van der Waals surface area contributed by atoms with Gasteiger partial charge >= 0.3 is 5.97 Å². The molecule has 0 radical (unpaired) electrons. The zero-order chi connectivity index (χ0) is 17.0. The first-order valence-electron chi connectivity index (χ1n) is 7.92. The Hall–Kier alpha value is -1.44. The van der Waals surface area contributed by atoms with Crippen LogP contribution in [0.5, 0.6) is 0 Å². The maximum Gasteiger partial charge on any atom is 0.338 e. The summed E-state index contributed by atoms with van der Waals surface area (Å²) in [6.45, 7) is 4.80. The summed E-state index contributed by atoms with van der Waals surface area (Å²) >= 11 is 1.30. The summed E-state index contributed by atoms with van der Waals surface area (Å²) in [6.07, 6.45) is 3.83. The summed E-state index contributed by atoms with van der Waals surface area (Å²) in [6, 6.07) is 0.227. The quantitative estimate of drug-likeness (QED) is 0.739. The van der Waals surface area contributed by atoms with Crippen LogP contribution >= 0.6 is 11.3 Å². The number of carboxylic acid groups (broad SMARTS) is 1. The number of piperidine rings is 1. The molecule has 6 nitrogen and oxygen atoms in total. The largest absolute Gasteiger partial charge is 0.478 e. The fourth-order valence-corrected chi connectivity index (χ4v) is 4.14. The summed E-state index contributed by atoms with van der Waals surface area (Å²) in [7, 11) is 0. The van der Waals surface area contributed by atoms with Crippen LogP contribution in [-0.4, -0.2) is 52.7 Å². The van der Waals surface area contributed by atoms with Gasteiger partial charge in [0.25, 0.3) is 0 Å². The molecule has 2 rings (SSSR count). The predicted octanol–water partition coefficient (Wildman–Crippen LogP) is 2.24. The van der Waals surface area contributed by atoms with E-state index in [0.29, 0.717) is 17.0 Å². The highest BCUT2D eigenvalue weighted by Gasteiger charge is 2.25. The maximum absolute atomic E-state index is 12.3. The number of thiophene rings is 1. The second kappa shape index (κ2) is 7.90. The summed E-state index contributed by atoms with van der Waals surface area (Å²) < 4.78 is 0. The third-order valence-corrected chi connectivity index (χ3v) is 5.53. The van der Waals surface area contributed by atoms with E-state index in [2.05, 4.69) is 10.2 Å². The standard InChI is InChI=1S/C16H24N2O4S/c1-10-11(2)23-15(14(10)16(21)22)17-13(20)9-18-7-4-3-5-12(18)6-8-19/h12,19H,3-9H2,1-2H3,(H,17,20)(H,21,22). The third-order valence-electron chi connectivity index (χ3n) is 4.41. The minimum Gasteiger partial charge on any atom is -0.478 e. The SMILES string of the molecule is Cc1sc(NC(=O)CN2CCCCC2CCO)c(C(=O)O)c1C. The molecule has 1 aliphatic rings. The lowest BCUT2D eigenvalue weighted by atomic mass is 10.00. The number of hydrogen-bond acceptors (Lipinski definition) is 5. The second-order valence-corrected chi connectivity index (χ2v) is 7.20. The van der Waals surface area contributed by atoms with Crippen LogP contribution in [0.3, 0.4) is 0 Å². The molecule has 1 aromatic heterocycles. The number of aromatic carboxylic acids is 1. The molecule has 1 aromatic rings. The number of nitrogens with zero attached hydrogens (tertiary/aromatic N) is 1. The Labute approximate surface area is 140 Å². The first-order valence-corrected chi connectivity index (χ1v) is 8.73. The number of hydrogen-bond donors (Lipinski definition) is 3. The number of amides is 1. The van der Waals surface area contributed by atoms with E-state index in [1.54, 1.807) is 6.92 Å². The molecule has 0 spiro atoms. The molecule has 2 heterocycles. The van der Waals surface area contributed by atoms with Gasteiger partial charge in [-0.05, 0) is 45.2 Å². The van der Waals surface area contributed by atoms with Crippen molar-refractivity contribution in [3.05, 3.63) is 16.0 Å². The van der Waals surface area contributed by atoms with Crippen molar-refractivity contribution >= 4 is 28.2 Å². The number of rotatable bonds is 6. The van der Waals surface area contributed by atoms with Crippen LogP contribution in [0.25, 0.3) is 0 Å². The molecule has 23 heavy (non-hydrogen) atoms. The minimum atomic E-state index is -1.02. The van der Waals surface area contributed by atoms with Crippen molar-refractivity contribution in [3.63, 3.8) is 0 Å². The lowest BCUT2D eigenvalue weighted by molar-refractivity contribution is -0.118. The average Bonchev–Trinajstić information content (AvgIpc) is 2.76. The van der Waals surface area contributed by atoms with E-state index in [-0.39, 0.29) is 30.7 Å². The van der Waals surface area contributed by atoms with Gasteiger partial charge in [0.1, 0.15) is 5.00 Å². The van der Waals surface area contributed by atoms with Crippen LogP contribution in [0.4, 0.5) is 5.00 Å². The van der Waals surface area contributed by atoms with E-state index < -0.39 is 5.97 Å². The lowest BCUT2D eigenvalue weighted by Gasteiger charge is -2.34. The monoisotopic (exact) mass is 340 g/mol. The molecule has 1 unspecified atom stereocenters. The molecule has 1 saturated heterocycles. The maximum atomic E-state index is 12.3. The van der Waals surface area contributed by atoms with Gasteiger partial charge in [-0.2, -0.15) is 0 Å². The van der Waals surface area contributed by atoms with Crippen molar-refractivity contribution in [2.45, 2.75) is 45.6 Å². The molecule has 0 aliphatic carbocycles. The van der Waals surface area contributed by atoms with Gasteiger partial charge in [0.05, 0.1) is 12.1 Å². The van der Waals surface area contributed by atoms with Crippen molar-refractivity contribution in [1.82, 2.24) is 4.90 Å². The number of carbonyl (C=O) groups is 2. The van der Waals surface area contributed by atoms with Crippen LogP contribution in [0.15, 0.2) is 0 Å². The number of anilines is 1. The van der Waals surface area contributed by atoms with Crippen LogP contribution in [0, 0.1) is 13.8 Å². The molecule has 1 fully saturated rings. The summed E-state index contributed by atoms with van der Waals surface area (Å²) in [5.74, 6) is -1.21. The summed E-state index contributed by atoms with van der Waals surface area (Å²) in [5, 5.41) is 21.6. The Bertz CT molecular complexity index is 583. The van der Waals surface area contributed by atoms with Gasteiger partial charge in [0.2, 0.25) is 5.91 Å². The normalized spacial score (nSPS) is 18.8.